The van der Waals surface area contributed by atoms with Crippen LogP contribution in [0.25, 0.3) is 0 Å². The summed E-state index contributed by atoms with van der Waals surface area (Å²) in [6.07, 6.45) is 0. The minimum atomic E-state index is -0.901. The van der Waals surface area contributed by atoms with Crippen LogP contribution in [0.15, 0.2) is 42.5 Å². The molecule has 0 aromatic heterocycles. The Kier molecular flexibility index (Phi) is 7.92. The maximum atomic E-state index is 12.5. The maximum Gasteiger partial charge on any atom is 0.341 e. The molecule has 0 bridgehead atoms. The zero-order valence-electron chi connectivity index (χ0n) is 18.1. The molecule has 2 N–H and O–H groups in total. The summed E-state index contributed by atoms with van der Waals surface area (Å²) in [7, 11) is 0. The number of nitrogens with zero attached hydrogens (tertiary/aromatic N) is 4. The number of nitro benzene ring substituents is 2. The monoisotopic (exact) mass is 473 g/mol. The van der Waals surface area contributed by atoms with E-state index in [1.54, 1.807) is 12.1 Å². The molecule has 3 rings (SSSR count). The Labute approximate surface area is 193 Å². The number of rotatable bonds is 9. The molecule has 2 aromatic carbocycles. The van der Waals surface area contributed by atoms with Crippen LogP contribution < -0.4 is 10.2 Å². The lowest BCUT2D eigenvalue weighted by Crippen LogP contribution is -2.49. The summed E-state index contributed by atoms with van der Waals surface area (Å²) in [5.74, 6) is -1.31. The van der Waals surface area contributed by atoms with Gasteiger partial charge in [0.25, 0.3) is 17.3 Å². The highest BCUT2D eigenvalue weighted by Crippen LogP contribution is 2.23. The molecule has 1 heterocycles. The summed E-state index contributed by atoms with van der Waals surface area (Å²) < 4.78 is 5.11. The molecule has 180 valence electrons. The molecule has 0 radical (unpaired) electrons. The number of carbonyl (C=O) groups excluding carboxylic acids is 2. The predicted molar refractivity (Wildman–Crippen MR) is 121 cm³/mol. The molecule has 0 unspecified atom stereocenters. The van der Waals surface area contributed by atoms with Crippen LogP contribution in [0.3, 0.4) is 0 Å². The van der Waals surface area contributed by atoms with Crippen molar-refractivity contribution in [3.8, 4) is 0 Å². The molecule has 13 nitrogen and oxygen atoms in total. The van der Waals surface area contributed by atoms with Crippen LogP contribution in [0.4, 0.5) is 22.7 Å². The number of nitrogens with one attached hydrogen (secondary N) is 1. The topological polar surface area (TPSA) is 168 Å². The van der Waals surface area contributed by atoms with Crippen molar-refractivity contribution in [3.05, 3.63) is 68.3 Å². The highest BCUT2D eigenvalue weighted by Gasteiger charge is 2.24. The number of non-ortho nitro benzene ring substituents is 2. The maximum absolute atomic E-state index is 12.5. The van der Waals surface area contributed by atoms with Crippen LogP contribution in [-0.2, 0) is 9.53 Å². The third kappa shape index (κ3) is 5.95. The SMILES string of the molecule is O=C(OCC(=O)N1CCN(c2ccc([N+](=O)[O-])cc2)CC1)c1cc([N+](=O)[O-])ccc1NCCO. The highest BCUT2D eigenvalue weighted by molar-refractivity contribution is 5.97. The number of esters is 1. The number of carbonyl (C=O) groups is 2. The number of aliphatic hydroxyl groups excluding tert-OH is 1. The van der Waals surface area contributed by atoms with E-state index in [1.807, 2.05) is 4.90 Å². The van der Waals surface area contributed by atoms with Gasteiger partial charge >= 0.3 is 5.97 Å². The summed E-state index contributed by atoms with van der Waals surface area (Å²) in [6, 6.07) is 9.75. The molecule has 1 aliphatic heterocycles. The van der Waals surface area contributed by atoms with E-state index in [1.165, 1.54) is 29.2 Å². The van der Waals surface area contributed by atoms with Gasteiger partial charge in [-0.25, -0.2) is 4.79 Å². The van der Waals surface area contributed by atoms with Gasteiger partial charge in [0.1, 0.15) is 0 Å². The standard InChI is InChI=1S/C21H23N5O8/c27-12-7-22-19-6-5-17(26(32)33)13-18(19)21(29)34-14-20(28)24-10-8-23(9-11-24)15-1-3-16(4-2-15)25(30)31/h1-6,13,22,27H,7-12,14H2. The molecule has 34 heavy (non-hydrogen) atoms. The van der Waals surface area contributed by atoms with E-state index in [9.17, 15) is 29.8 Å². The molecule has 13 heteroatoms. The van der Waals surface area contributed by atoms with Gasteiger partial charge in [-0.2, -0.15) is 0 Å². The molecule has 0 atom stereocenters. The number of nitro groups is 2. The van der Waals surface area contributed by atoms with Gasteiger partial charge in [-0.15, -0.1) is 0 Å². The fourth-order valence-corrected chi connectivity index (χ4v) is 3.45. The smallest absolute Gasteiger partial charge is 0.341 e. The third-order valence-electron chi connectivity index (χ3n) is 5.25. The lowest BCUT2D eigenvalue weighted by Gasteiger charge is -2.36. The molecular formula is C21H23N5O8. The second-order valence-corrected chi connectivity index (χ2v) is 7.35. The molecule has 1 saturated heterocycles. The van der Waals surface area contributed by atoms with E-state index >= 15 is 0 Å². The Morgan fingerprint density at radius 3 is 2.18 bits per heavy atom. The van der Waals surface area contributed by atoms with Crippen molar-refractivity contribution in [2.75, 3.05) is 56.2 Å². The minimum absolute atomic E-state index is 0.00199. The lowest BCUT2D eigenvalue weighted by molar-refractivity contribution is -0.385. The first kappa shape index (κ1) is 24.4. The Bertz CT molecular complexity index is 1070. The highest BCUT2D eigenvalue weighted by atomic mass is 16.6. The van der Waals surface area contributed by atoms with Gasteiger partial charge in [0.2, 0.25) is 0 Å². The summed E-state index contributed by atoms with van der Waals surface area (Å²) >= 11 is 0. The predicted octanol–water partition coefficient (Wildman–Crippen LogP) is 1.41. The fourth-order valence-electron chi connectivity index (χ4n) is 3.45. The summed E-state index contributed by atoms with van der Waals surface area (Å²) in [5, 5.41) is 33.6. The molecule has 1 aliphatic rings. The van der Waals surface area contributed by atoms with Crippen LogP contribution >= 0.6 is 0 Å². The number of amides is 1. The number of aliphatic hydroxyl groups is 1. The molecule has 0 spiro atoms. The largest absolute Gasteiger partial charge is 0.452 e. The average molecular weight is 473 g/mol. The molecule has 0 aliphatic carbocycles. The second kappa shape index (κ2) is 11.0. The van der Waals surface area contributed by atoms with Gasteiger partial charge in [0, 0.05) is 68.4 Å². The first-order valence-corrected chi connectivity index (χ1v) is 10.4. The molecule has 1 amide bonds. The van der Waals surface area contributed by atoms with E-state index in [0.29, 0.717) is 26.2 Å². The second-order valence-electron chi connectivity index (χ2n) is 7.35. The molecular weight excluding hydrogens is 450 g/mol. The number of hydrogen-bond donors (Lipinski definition) is 2. The van der Waals surface area contributed by atoms with Crippen LogP contribution in [0.1, 0.15) is 10.4 Å². The Morgan fingerprint density at radius 1 is 0.971 bits per heavy atom. The van der Waals surface area contributed by atoms with Crippen molar-refractivity contribution >= 4 is 34.6 Å². The van der Waals surface area contributed by atoms with Crippen LogP contribution in [0.5, 0.6) is 0 Å². The van der Waals surface area contributed by atoms with Crippen molar-refractivity contribution < 1.29 is 29.3 Å². The van der Waals surface area contributed by atoms with Crippen LogP contribution in [0.2, 0.25) is 0 Å². The lowest BCUT2D eigenvalue weighted by atomic mass is 10.1. The van der Waals surface area contributed by atoms with Crippen molar-refractivity contribution in [2.45, 2.75) is 0 Å². The van der Waals surface area contributed by atoms with E-state index in [2.05, 4.69) is 5.32 Å². The number of piperazine rings is 1. The van der Waals surface area contributed by atoms with Gasteiger partial charge in [0.15, 0.2) is 6.61 Å². The minimum Gasteiger partial charge on any atom is -0.452 e. The Morgan fingerprint density at radius 2 is 1.59 bits per heavy atom. The van der Waals surface area contributed by atoms with E-state index < -0.39 is 28.3 Å². The Balaban J connectivity index is 1.56. The van der Waals surface area contributed by atoms with E-state index in [-0.39, 0.29) is 35.8 Å². The Hall–Kier alpha value is -4.26. The van der Waals surface area contributed by atoms with E-state index in [0.717, 1.165) is 11.8 Å². The number of benzene rings is 2. The number of hydrogen-bond acceptors (Lipinski definition) is 10. The average Bonchev–Trinajstić information content (AvgIpc) is 2.85. The van der Waals surface area contributed by atoms with Crippen molar-refractivity contribution in [1.29, 1.82) is 0 Å². The summed E-state index contributed by atoms with van der Waals surface area (Å²) in [5.41, 5.74) is 0.623. The van der Waals surface area contributed by atoms with E-state index in [4.69, 9.17) is 9.84 Å². The van der Waals surface area contributed by atoms with Gasteiger partial charge < -0.3 is 25.0 Å². The van der Waals surface area contributed by atoms with Crippen molar-refractivity contribution in [2.24, 2.45) is 0 Å². The zero-order chi connectivity index (χ0) is 24.7. The first-order chi connectivity index (χ1) is 16.3. The third-order valence-corrected chi connectivity index (χ3v) is 5.25. The number of ether oxygens (including phenoxy) is 1. The normalized spacial score (nSPS) is 13.3. The zero-order valence-corrected chi connectivity index (χ0v) is 18.1. The molecule has 2 aromatic rings. The van der Waals surface area contributed by atoms with Gasteiger partial charge in [0.05, 0.1) is 22.0 Å². The molecule has 0 saturated carbocycles. The summed E-state index contributed by atoms with van der Waals surface area (Å²) in [4.78, 5) is 49.3. The van der Waals surface area contributed by atoms with Crippen molar-refractivity contribution in [1.82, 2.24) is 4.90 Å². The van der Waals surface area contributed by atoms with Crippen molar-refractivity contribution in [3.63, 3.8) is 0 Å². The van der Waals surface area contributed by atoms with Gasteiger partial charge in [-0.05, 0) is 18.2 Å². The fraction of sp³-hybridized carbons (Fsp3) is 0.333. The first-order valence-electron chi connectivity index (χ1n) is 10.4. The summed E-state index contributed by atoms with van der Waals surface area (Å²) in [6.45, 7) is 1.11. The van der Waals surface area contributed by atoms with Crippen LogP contribution in [0, 0.1) is 20.2 Å². The molecule has 1 fully saturated rings. The quantitative estimate of drug-likeness (QED) is 0.308. The number of anilines is 2. The van der Waals surface area contributed by atoms with Gasteiger partial charge in [-0.3, -0.25) is 25.0 Å². The van der Waals surface area contributed by atoms with Crippen LogP contribution in [-0.4, -0.2) is 77.7 Å². The van der Waals surface area contributed by atoms with Gasteiger partial charge in [-0.1, -0.05) is 0 Å².